The number of likely N-dealkylation sites (tertiary alicyclic amines) is 2. The molecule has 3 heterocycles. The van der Waals surface area contributed by atoms with Crippen molar-refractivity contribution in [3.05, 3.63) is 10.8 Å². The minimum absolute atomic E-state index is 0.110. The Balaban J connectivity index is 1.62. The van der Waals surface area contributed by atoms with Crippen LogP contribution in [0.4, 0.5) is 0 Å². The van der Waals surface area contributed by atoms with E-state index in [1.165, 1.54) is 18.0 Å². The monoisotopic (exact) mass is 334 g/mol. The maximum absolute atomic E-state index is 12.6. The van der Waals surface area contributed by atoms with Crippen LogP contribution in [0.25, 0.3) is 0 Å². The van der Waals surface area contributed by atoms with E-state index in [1.54, 1.807) is 11.8 Å². The second-order valence-corrected chi connectivity index (χ2v) is 6.92. The summed E-state index contributed by atoms with van der Waals surface area (Å²) >= 11 is 1.18. The third-order valence-electron chi connectivity index (χ3n) is 4.48. The molecule has 0 bridgehead atoms. The first-order valence-corrected chi connectivity index (χ1v) is 8.86. The van der Waals surface area contributed by atoms with E-state index in [0.29, 0.717) is 36.1 Å². The molecule has 0 aromatic carbocycles. The van der Waals surface area contributed by atoms with Crippen molar-refractivity contribution in [1.82, 2.24) is 19.2 Å². The SMILES string of the molecule is Cc1nsc(C(=N)N2CCC(C(=O)N3CCCCC3)CC2=N)n1. The van der Waals surface area contributed by atoms with Gasteiger partial charge in [-0.1, -0.05) is 0 Å². The van der Waals surface area contributed by atoms with E-state index in [9.17, 15) is 4.79 Å². The maximum atomic E-state index is 12.6. The maximum Gasteiger partial charge on any atom is 0.226 e. The number of amides is 1. The Morgan fingerprint density at radius 1 is 1.26 bits per heavy atom. The van der Waals surface area contributed by atoms with Gasteiger partial charge in [0.25, 0.3) is 0 Å². The first-order chi connectivity index (χ1) is 11.1. The zero-order valence-electron chi connectivity index (χ0n) is 13.3. The van der Waals surface area contributed by atoms with Crippen LogP contribution in [-0.4, -0.2) is 56.4 Å². The number of hydrogen-bond acceptors (Lipinski definition) is 6. The lowest BCUT2D eigenvalue weighted by molar-refractivity contribution is -0.136. The Morgan fingerprint density at radius 3 is 2.61 bits per heavy atom. The van der Waals surface area contributed by atoms with Gasteiger partial charge in [0.1, 0.15) is 11.7 Å². The van der Waals surface area contributed by atoms with Crippen LogP contribution in [0, 0.1) is 23.7 Å². The molecule has 2 saturated heterocycles. The third-order valence-corrected chi connectivity index (χ3v) is 5.30. The molecule has 0 aliphatic carbocycles. The van der Waals surface area contributed by atoms with Crippen LogP contribution in [-0.2, 0) is 4.79 Å². The van der Waals surface area contributed by atoms with Crippen molar-refractivity contribution in [2.24, 2.45) is 5.92 Å². The Morgan fingerprint density at radius 2 is 2.00 bits per heavy atom. The van der Waals surface area contributed by atoms with Crippen LogP contribution in [0.5, 0.6) is 0 Å². The van der Waals surface area contributed by atoms with E-state index in [4.69, 9.17) is 10.8 Å². The lowest BCUT2D eigenvalue weighted by Gasteiger charge is -2.36. The molecule has 0 spiro atoms. The topological polar surface area (TPSA) is 97.0 Å². The molecule has 124 valence electrons. The van der Waals surface area contributed by atoms with E-state index in [0.717, 1.165) is 25.9 Å². The van der Waals surface area contributed by atoms with Crippen LogP contribution in [0.3, 0.4) is 0 Å². The second kappa shape index (κ2) is 6.74. The molecule has 8 heteroatoms. The quantitative estimate of drug-likeness (QED) is 0.637. The molecular weight excluding hydrogens is 312 g/mol. The van der Waals surface area contributed by atoms with Crippen LogP contribution >= 0.6 is 11.5 Å². The number of aromatic nitrogens is 2. The molecule has 1 aromatic rings. The number of piperidine rings is 2. The molecule has 0 saturated carbocycles. The molecule has 2 fully saturated rings. The van der Waals surface area contributed by atoms with Crippen molar-refractivity contribution >= 4 is 29.1 Å². The molecule has 2 aliphatic rings. The van der Waals surface area contributed by atoms with Crippen molar-refractivity contribution < 1.29 is 4.79 Å². The Bertz CT molecular complexity index is 621. The molecule has 0 radical (unpaired) electrons. The molecule has 23 heavy (non-hydrogen) atoms. The lowest BCUT2D eigenvalue weighted by Crippen LogP contribution is -2.48. The molecule has 3 rings (SSSR count). The lowest BCUT2D eigenvalue weighted by atomic mass is 9.93. The molecule has 1 unspecified atom stereocenters. The minimum atomic E-state index is -0.110. The number of rotatable bonds is 2. The van der Waals surface area contributed by atoms with Gasteiger partial charge in [0.2, 0.25) is 5.91 Å². The van der Waals surface area contributed by atoms with Gasteiger partial charge in [-0.2, -0.15) is 4.37 Å². The number of nitrogens with one attached hydrogen (secondary N) is 2. The molecule has 2 N–H and O–H groups in total. The van der Waals surface area contributed by atoms with Crippen LogP contribution in [0.2, 0.25) is 0 Å². The highest BCUT2D eigenvalue weighted by atomic mass is 32.1. The van der Waals surface area contributed by atoms with Crippen molar-refractivity contribution in [3.8, 4) is 0 Å². The second-order valence-electron chi connectivity index (χ2n) is 6.17. The van der Waals surface area contributed by atoms with E-state index < -0.39 is 0 Å². The van der Waals surface area contributed by atoms with E-state index >= 15 is 0 Å². The largest absolute Gasteiger partial charge is 0.342 e. The van der Waals surface area contributed by atoms with Gasteiger partial charge in [-0.3, -0.25) is 15.6 Å². The molecule has 2 aliphatic heterocycles. The highest BCUT2D eigenvalue weighted by Gasteiger charge is 2.33. The van der Waals surface area contributed by atoms with Crippen molar-refractivity contribution in [2.45, 2.75) is 39.0 Å². The summed E-state index contributed by atoms with van der Waals surface area (Å²) in [7, 11) is 0. The Kier molecular flexibility index (Phi) is 4.70. The standard InChI is InChI=1S/C15H22N6OS/c1-10-18-14(23-19-10)13(17)21-8-5-11(9-12(21)16)15(22)20-6-3-2-4-7-20/h11,16-17H,2-9H2,1H3. The van der Waals surface area contributed by atoms with E-state index in [1.807, 2.05) is 4.90 Å². The Hall–Kier alpha value is -1.83. The summed E-state index contributed by atoms with van der Waals surface area (Å²) in [4.78, 5) is 20.4. The molecular formula is C15H22N6OS. The minimum Gasteiger partial charge on any atom is -0.342 e. The third kappa shape index (κ3) is 3.41. The van der Waals surface area contributed by atoms with E-state index in [-0.39, 0.29) is 17.7 Å². The van der Waals surface area contributed by atoms with Gasteiger partial charge in [0.05, 0.1) is 0 Å². The normalized spacial score (nSPS) is 22.3. The summed E-state index contributed by atoms with van der Waals surface area (Å²) in [5.41, 5.74) is 0. The smallest absolute Gasteiger partial charge is 0.226 e. The molecule has 1 atom stereocenters. The highest BCUT2D eigenvalue weighted by molar-refractivity contribution is 7.07. The number of amidine groups is 2. The number of carbonyl (C=O) groups excluding carboxylic acids is 1. The summed E-state index contributed by atoms with van der Waals surface area (Å²) in [6.07, 6.45) is 4.48. The van der Waals surface area contributed by atoms with Crippen molar-refractivity contribution in [2.75, 3.05) is 19.6 Å². The summed E-state index contributed by atoms with van der Waals surface area (Å²) in [6, 6.07) is 0. The molecule has 1 amide bonds. The first-order valence-electron chi connectivity index (χ1n) is 8.09. The predicted molar refractivity (Wildman–Crippen MR) is 89.1 cm³/mol. The Labute approximate surface area is 139 Å². The fourth-order valence-corrected chi connectivity index (χ4v) is 3.83. The zero-order chi connectivity index (χ0) is 16.4. The summed E-state index contributed by atoms with van der Waals surface area (Å²) < 4.78 is 4.09. The average molecular weight is 334 g/mol. The van der Waals surface area contributed by atoms with Gasteiger partial charge in [-0.05, 0) is 44.1 Å². The van der Waals surface area contributed by atoms with Crippen LogP contribution < -0.4 is 0 Å². The summed E-state index contributed by atoms with van der Waals surface area (Å²) in [5, 5.41) is 17.0. The number of hydrogen-bond donors (Lipinski definition) is 2. The van der Waals surface area contributed by atoms with Crippen LogP contribution in [0.1, 0.15) is 42.9 Å². The van der Waals surface area contributed by atoms with Gasteiger partial charge in [0, 0.05) is 32.0 Å². The fourth-order valence-electron chi connectivity index (χ4n) is 3.20. The highest BCUT2D eigenvalue weighted by Crippen LogP contribution is 2.24. The van der Waals surface area contributed by atoms with Gasteiger partial charge < -0.3 is 9.80 Å². The predicted octanol–water partition coefficient (Wildman–Crippen LogP) is 1.87. The van der Waals surface area contributed by atoms with Gasteiger partial charge in [-0.25, -0.2) is 4.98 Å². The summed E-state index contributed by atoms with van der Waals surface area (Å²) in [5.74, 6) is 1.29. The van der Waals surface area contributed by atoms with Gasteiger partial charge >= 0.3 is 0 Å². The first kappa shape index (κ1) is 16.0. The summed E-state index contributed by atoms with van der Waals surface area (Å²) in [6.45, 7) is 4.03. The zero-order valence-corrected chi connectivity index (χ0v) is 14.2. The fraction of sp³-hybridized carbons (Fsp3) is 0.667. The van der Waals surface area contributed by atoms with Gasteiger partial charge in [-0.15, -0.1) is 0 Å². The molecule has 1 aromatic heterocycles. The van der Waals surface area contributed by atoms with Gasteiger partial charge in [0.15, 0.2) is 10.8 Å². The van der Waals surface area contributed by atoms with Crippen molar-refractivity contribution in [1.29, 1.82) is 10.8 Å². The average Bonchev–Trinajstić information content (AvgIpc) is 3.01. The number of aryl methyl sites for hydroxylation is 1. The van der Waals surface area contributed by atoms with E-state index in [2.05, 4.69) is 9.36 Å². The number of carbonyl (C=O) groups is 1. The molecule has 7 nitrogen and oxygen atoms in total. The van der Waals surface area contributed by atoms with Crippen molar-refractivity contribution in [3.63, 3.8) is 0 Å². The van der Waals surface area contributed by atoms with Crippen LogP contribution in [0.15, 0.2) is 0 Å². The number of nitrogens with zero attached hydrogens (tertiary/aromatic N) is 4.